The Hall–Kier alpha value is -4.11. The average Bonchev–Trinajstić information content (AvgIpc) is 2.88. The van der Waals surface area contributed by atoms with Crippen LogP contribution in [0.3, 0.4) is 0 Å². The Kier molecular flexibility index (Phi) is 9.24. The summed E-state index contributed by atoms with van der Waals surface area (Å²) in [4.78, 5) is 38.1. The second-order valence-corrected chi connectivity index (χ2v) is 8.49. The van der Waals surface area contributed by atoms with Crippen LogP contribution in [-0.2, 0) is 16.0 Å². The molecule has 0 aliphatic carbocycles. The van der Waals surface area contributed by atoms with Crippen LogP contribution in [0.15, 0.2) is 83.0 Å². The summed E-state index contributed by atoms with van der Waals surface area (Å²) in [5, 5.41) is 16.9. The van der Waals surface area contributed by atoms with Gasteiger partial charge in [0.1, 0.15) is 17.2 Å². The molecule has 1 atom stereocenters. The smallest absolute Gasteiger partial charge is 0.268 e. The third-order valence-corrected chi connectivity index (χ3v) is 5.92. The standard InChI is InChI=1S/C27H25BrN2O6/c1-35-19-13-12-18(24(16-19)36-2)15-22(29-25(31)20-10-6-7-11-21(20)28)26(32)30-23(27(33)34)14-17-8-4-3-5-9-17/h3-13,15-16,23H,14H2,1-2H3,(H,29,31)(H,30,32)(H,33,34)/p-1/b22-15-/t23-/m1/s1. The normalized spacial score (nSPS) is 11.8. The molecule has 2 amide bonds. The lowest BCUT2D eigenvalue weighted by Gasteiger charge is -2.21. The van der Waals surface area contributed by atoms with Crippen LogP contribution in [0, 0.1) is 0 Å². The van der Waals surface area contributed by atoms with E-state index in [0.717, 1.165) is 0 Å². The molecule has 9 heteroatoms. The minimum absolute atomic E-state index is 0.00618. The maximum atomic E-state index is 13.3. The molecule has 36 heavy (non-hydrogen) atoms. The summed E-state index contributed by atoms with van der Waals surface area (Å²) < 4.78 is 11.1. The van der Waals surface area contributed by atoms with E-state index in [9.17, 15) is 19.5 Å². The zero-order valence-corrected chi connectivity index (χ0v) is 21.2. The predicted octanol–water partition coefficient (Wildman–Crippen LogP) is 2.71. The minimum atomic E-state index is -1.45. The van der Waals surface area contributed by atoms with Gasteiger partial charge < -0.3 is 30.0 Å². The maximum absolute atomic E-state index is 13.3. The van der Waals surface area contributed by atoms with Crippen LogP contribution < -0.4 is 25.2 Å². The van der Waals surface area contributed by atoms with Gasteiger partial charge in [0.15, 0.2) is 0 Å². The molecular weight excluding hydrogens is 528 g/mol. The monoisotopic (exact) mass is 551 g/mol. The molecule has 0 unspecified atom stereocenters. The highest BCUT2D eigenvalue weighted by Crippen LogP contribution is 2.26. The summed E-state index contributed by atoms with van der Waals surface area (Å²) in [5.41, 5.74) is 1.27. The van der Waals surface area contributed by atoms with Crippen molar-refractivity contribution in [1.29, 1.82) is 0 Å². The molecule has 0 aliphatic heterocycles. The highest BCUT2D eigenvalue weighted by molar-refractivity contribution is 9.10. The van der Waals surface area contributed by atoms with E-state index in [1.54, 1.807) is 72.8 Å². The molecule has 0 spiro atoms. The Balaban J connectivity index is 1.96. The van der Waals surface area contributed by atoms with Crippen LogP contribution in [0.4, 0.5) is 0 Å². The number of methoxy groups -OCH3 is 2. The number of carbonyl (C=O) groups excluding carboxylic acids is 3. The minimum Gasteiger partial charge on any atom is -0.548 e. The van der Waals surface area contributed by atoms with E-state index >= 15 is 0 Å². The van der Waals surface area contributed by atoms with E-state index in [1.165, 1.54) is 20.3 Å². The van der Waals surface area contributed by atoms with Crippen LogP contribution in [-0.4, -0.2) is 38.0 Å². The van der Waals surface area contributed by atoms with Crippen LogP contribution >= 0.6 is 15.9 Å². The average molecular weight is 552 g/mol. The van der Waals surface area contributed by atoms with Crippen LogP contribution in [0.1, 0.15) is 21.5 Å². The number of hydrogen-bond acceptors (Lipinski definition) is 6. The number of halogens is 1. The zero-order chi connectivity index (χ0) is 26.1. The second-order valence-electron chi connectivity index (χ2n) is 7.63. The van der Waals surface area contributed by atoms with E-state index in [-0.39, 0.29) is 12.1 Å². The Bertz CT molecular complexity index is 1280. The van der Waals surface area contributed by atoms with E-state index in [1.807, 2.05) is 0 Å². The number of rotatable bonds is 10. The van der Waals surface area contributed by atoms with Gasteiger partial charge in [-0.1, -0.05) is 42.5 Å². The number of carbonyl (C=O) groups is 3. The summed E-state index contributed by atoms with van der Waals surface area (Å²) >= 11 is 3.33. The van der Waals surface area contributed by atoms with Crippen molar-refractivity contribution in [2.24, 2.45) is 0 Å². The second kappa shape index (κ2) is 12.6. The number of carboxylic acid groups (broad SMARTS) is 1. The molecular formula is C27H24BrN2O6-. The van der Waals surface area contributed by atoms with Crippen molar-refractivity contribution in [2.75, 3.05) is 14.2 Å². The van der Waals surface area contributed by atoms with Gasteiger partial charge in [-0.15, -0.1) is 0 Å². The number of benzene rings is 3. The van der Waals surface area contributed by atoms with Crippen LogP contribution in [0.25, 0.3) is 6.08 Å². The number of nitrogens with one attached hydrogen (secondary N) is 2. The van der Waals surface area contributed by atoms with Gasteiger partial charge in [0.2, 0.25) is 0 Å². The molecule has 0 aromatic heterocycles. The number of carboxylic acids is 1. The van der Waals surface area contributed by atoms with Crippen molar-refractivity contribution in [1.82, 2.24) is 10.6 Å². The van der Waals surface area contributed by atoms with E-state index in [2.05, 4.69) is 26.6 Å². The Morgan fingerprint density at radius 2 is 1.67 bits per heavy atom. The molecule has 0 bridgehead atoms. The van der Waals surface area contributed by atoms with Crippen molar-refractivity contribution in [3.63, 3.8) is 0 Å². The quantitative estimate of drug-likeness (QED) is 0.374. The van der Waals surface area contributed by atoms with Crippen LogP contribution in [0.5, 0.6) is 11.5 Å². The topological polar surface area (TPSA) is 117 Å². The number of hydrogen-bond donors (Lipinski definition) is 2. The third kappa shape index (κ3) is 6.96. The predicted molar refractivity (Wildman–Crippen MR) is 136 cm³/mol. The van der Waals surface area contributed by atoms with Gasteiger partial charge in [-0.2, -0.15) is 0 Å². The molecule has 2 N–H and O–H groups in total. The third-order valence-electron chi connectivity index (χ3n) is 5.22. The molecule has 3 aromatic carbocycles. The van der Waals surface area contributed by atoms with Gasteiger partial charge in [-0.3, -0.25) is 9.59 Å². The maximum Gasteiger partial charge on any atom is 0.268 e. The Labute approximate surface area is 217 Å². The van der Waals surface area contributed by atoms with Gasteiger partial charge >= 0.3 is 0 Å². The molecule has 0 saturated carbocycles. The number of aliphatic carboxylic acids is 1. The van der Waals surface area contributed by atoms with Gasteiger partial charge in [-0.05, 0) is 58.3 Å². The first-order chi connectivity index (χ1) is 17.3. The molecule has 8 nitrogen and oxygen atoms in total. The van der Waals surface area contributed by atoms with E-state index < -0.39 is 23.8 Å². The molecule has 3 aromatic rings. The first kappa shape index (κ1) is 26.5. The molecule has 0 saturated heterocycles. The molecule has 186 valence electrons. The molecule has 0 aliphatic rings. The summed E-state index contributed by atoms with van der Waals surface area (Å²) in [7, 11) is 2.96. The highest BCUT2D eigenvalue weighted by atomic mass is 79.9. The summed E-state index contributed by atoms with van der Waals surface area (Å²) in [6.45, 7) is 0. The lowest BCUT2D eigenvalue weighted by molar-refractivity contribution is -0.308. The number of ether oxygens (including phenoxy) is 2. The summed E-state index contributed by atoms with van der Waals surface area (Å²) in [5.74, 6) is -1.91. The van der Waals surface area contributed by atoms with Crippen molar-refractivity contribution < 1.29 is 29.0 Å². The Morgan fingerprint density at radius 3 is 2.31 bits per heavy atom. The van der Waals surface area contributed by atoms with E-state index in [4.69, 9.17) is 9.47 Å². The lowest BCUT2D eigenvalue weighted by atomic mass is 10.1. The first-order valence-electron chi connectivity index (χ1n) is 10.9. The first-order valence-corrected chi connectivity index (χ1v) is 11.7. The summed E-state index contributed by atoms with van der Waals surface area (Å²) in [6.07, 6.45) is 1.41. The van der Waals surface area contributed by atoms with Gasteiger partial charge in [-0.25, -0.2) is 0 Å². The number of amides is 2. The van der Waals surface area contributed by atoms with Crippen LogP contribution in [0.2, 0.25) is 0 Å². The van der Waals surface area contributed by atoms with Gasteiger partial charge in [0.25, 0.3) is 11.8 Å². The van der Waals surface area contributed by atoms with Gasteiger partial charge in [0, 0.05) is 16.1 Å². The SMILES string of the molecule is COc1ccc(/C=C(\NC(=O)c2ccccc2Br)C(=O)N[C@H](Cc2ccccc2)C(=O)[O-])c(OC)c1. The fourth-order valence-corrected chi connectivity index (χ4v) is 3.83. The van der Waals surface area contributed by atoms with Crippen molar-refractivity contribution >= 4 is 39.8 Å². The van der Waals surface area contributed by atoms with Crippen molar-refractivity contribution in [3.05, 3.63) is 99.7 Å². The van der Waals surface area contributed by atoms with Crippen molar-refractivity contribution in [2.45, 2.75) is 12.5 Å². The fraction of sp³-hybridized carbons (Fsp3) is 0.148. The van der Waals surface area contributed by atoms with Crippen molar-refractivity contribution in [3.8, 4) is 11.5 Å². The molecule has 0 heterocycles. The lowest BCUT2D eigenvalue weighted by Crippen LogP contribution is -2.50. The highest BCUT2D eigenvalue weighted by Gasteiger charge is 2.21. The van der Waals surface area contributed by atoms with E-state index in [0.29, 0.717) is 32.7 Å². The molecule has 0 fully saturated rings. The Morgan fingerprint density at radius 1 is 0.972 bits per heavy atom. The summed E-state index contributed by atoms with van der Waals surface area (Å²) in [6, 6.07) is 19.1. The van der Waals surface area contributed by atoms with Gasteiger partial charge in [0.05, 0.1) is 31.8 Å². The fourth-order valence-electron chi connectivity index (χ4n) is 3.37. The zero-order valence-electron chi connectivity index (χ0n) is 19.6. The molecule has 3 rings (SSSR count). The largest absolute Gasteiger partial charge is 0.548 e. The molecule has 0 radical (unpaired) electrons.